The second-order valence-corrected chi connectivity index (χ2v) is 4.38. The van der Waals surface area contributed by atoms with Gasteiger partial charge in [-0.15, -0.1) is 10.2 Å². The van der Waals surface area contributed by atoms with Crippen molar-refractivity contribution in [2.24, 2.45) is 0 Å². The first-order valence-corrected chi connectivity index (χ1v) is 5.19. The van der Waals surface area contributed by atoms with Crippen LogP contribution < -0.4 is 5.32 Å². The lowest BCUT2D eigenvalue weighted by Crippen LogP contribution is -2.42. The molecule has 2 aromatic rings. The first-order valence-electron chi connectivity index (χ1n) is 5.19. The predicted octanol–water partition coefficient (Wildman–Crippen LogP) is 1.48. The number of hydrogen-bond acceptors (Lipinski definition) is 4. The van der Waals surface area contributed by atoms with Crippen molar-refractivity contribution in [3.63, 3.8) is 0 Å². The average Bonchev–Trinajstić information content (AvgIpc) is 2.64. The highest BCUT2D eigenvalue weighted by atomic mass is 15.3. The number of aromatic nitrogens is 4. The van der Waals surface area contributed by atoms with Crippen molar-refractivity contribution < 1.29 is 0 Å². The molecule has 1 aliphatic rings. The smallest absolute Gasteiger partial charge is 0.203 e. The largest absolute Gasteiger partial charge is 0.362 e. The van der Waals surface area contributed by atoms with Crippen LogP contribution in [0.15, 0.2) is 18.7 Å². The second kappa shape index (κ2) is 2.92. The second-order valence-electron chi connectivity index (χ2n) is 4.38. The summed E-state index contributed by atoms with van der Waals surface area (Å²) in [5, 5.41) is 11.4. The Bertz CT molecular complexity index is 485. The zero-order valence-electron chi connectivity index (χ0n) is 8.64. The Morgan fingerprint density at radius 1 is 1.47 bits per heavy atom. The van der Waals surface area contributed by atoms with Crippen molar-refractivity contribution >= 4 is 11.5 Å². The van der Waals surface area contributed by atoms with Crippen LogP contribution in [0.2, 0.25) is 0 Å². The SMILES string of the molecule is CC1(Nc2nccn3cnnc23)CCC1. The van der Waals surface area contributed by atoms with Crippen LogP contribution >= 0.6 is 0 Å². The molecule has 0 bridgehead atoms. The predicted molar refractivity (Wildman–Crippen MR) is 56.7 cm³/mol. The maximum absolute atomic E-state index is 4.31. The molecule has 0 aliphatic heterocycles. The Labute approximate surface area is 87.5 Å². The fourth-order valence-corrected chi connectivity index (χ4v) is 1.96. The first kappa shape index (κ1) is 8.64. The summed E-state index contributed by atoms with van der Waals surface area (Å²) in [7, 11) is 0. The summed E-state index contributed by atoms with van der Waals surface area (Å²) < 4.78 is 1.87. The third-order valence-corrected chi connectivity index (χ3v) is 3.09. The number of hydrogen-bond donors (Lipinski definition) is 1. The van der Waals surface area contributed by atoms with E-state index in [2.05, 4.69) is 27.4 Å². The lowest BCUT2D eigenvalue weighted by molar-refractivity contribution is 0.306. The van der Waals surface area contributed by atoms with Gasteiger partial charge in [0.1, 0.15) is 6.33 Å². The maximum atomic E-state index is 4.31. The molecule has 0 atom stereocenters. The van der Waals surface area contributed by atoms with E-state index in [0.717, 1.165) is 11.5 Å². The van der Waals surface area contributed by atoms with Gasteiger partial charge in [-0.05, 0) is 26.2 Å². The highest BCUT2D eigenvalue weighted by Crippen LogP contribution is 2.34. The van der Waals surface area contributed by atoms with Crippen LogP contribution in [0.4, 0.5) is 5.82 Å². The number of nitrogens with zero attached hydrogens (tertiary/aromatic N) is 4. The van der Waals surface area contributed by atoms with Gasteiger partial charge in [0.15, 0.2) is 5.82 Å². The summed E-state index contributed by atoms with van der Waals surface area (Å²) in [6.45, 7) is 2.22. The quantitative estimate of drug-likeness (QED) is 0.803. The molecule has 1 saturated carbocycles. The zero-order valence-corrected chi connectivity index (χ0v) is 8.64. The monoisotopic (exact) mass is 203 g/mol. The Hall–Kier alpha value is -1.65. The van der Waals surface area contributed by atoms with Gasteiger partial charge >= 0.3 is 0 Å². The average molecular weight is 203 g/mol. The Balaban J connectivity index is 1.99. The molecule has 0 amide bonds. The van der Waals surface area contributed by atoms with Crippen molar-refractivity contribution in [1.82, 2.24) is 19.6 Å². The molecule has 2 heterocycles. The van der Waals surface area contributed by atoms with Crippen molar-refractivity contribution in [2.45, 2.75) is 31.7 Å². The highest BCUT2D eigenvalue weighted by Gasteiger charge is 2.32. The lowest BCUT2D eigenvalue weighted by Gasteiger charge is -2.39. The molecule has 0 radical (unpaired) electrons. The van der Waals surface area contributed by atoms with Crippen LogP contribution in [-0.2, 0) is 0 Å². The summed E-state index contributed by atoms with van der Waals surface area (Å²) >= 11 is 0. The molecule has 3 rings (SSSR count). The zero-order chi connectivity index (χ0) is 10.3. The third-order valence-electron chi connectivity index (χ3n) is 3.09. The molecule has 5 heteroatoms. The molecule has 0 saturated heterocycles. The number of nitrogens with one attached hydrogen (secondary N) is 1. The molecule has 1 N–H and O–H groups in total. The van der Waals surface area contributed by atoms with Crippen molar-refractivity contribution in [3.05, 3.63) is 18.7 Å². The van der Waals surface area contributed by atoms with Gasteiger partial charge in [0.05, 0.1) is 0 Å². The van der Waals surface area contributed by atoms with Gasteiger partial charge in [0.25, 0.3) is 0 Å². The topological polar surface area (TPSA) is 55.1 Å². The van der Waals surface area contributed by atoms with Crippen molar-refractivity contribution in [3.8, 4) is 0 Å². The summed E-state index contributed by atoms with van der Waals surface area (Å²) in [5.41, 5.74) is 0.992. The molecule has 1 fully saturated rings. The van der Waals surface area contributed by atoms with Crippen LogP contribution in [0.1, 0.15) is 26.2 Å². The van der Waals surface area contributed by atoms with E-state index in [1.807, 2.05) is 10.6 Å². The normalized spacial score (nSPS) is 18.7. The summed E-state index contributed by atoms with van der Waals surface area (Å²) in [5.74, 6) is 0.831. The molecule has 0 aromatic carbocycles. The van der Waals surface area contributed by atoms with Gasteiger partial charge in [-0.3, -0.25) is 4.40 Å². The Morgan fingerprint density at radius 3 is 3.07 bits per heavy atom. The molecule has 2 aromatic heterocycles. The van der Waals surface area contributed by atoms with Gasteiger partial charge < -0.3 is 5.32 Å². The van der Waals surface area contributed by atoms with E-state index in [1.54, 1.807) is 12.5 Å². The minimum Gasteiger partial charge on any atom is -0.362 e. The molecular formula is C10H13N5. The highest BCUT2D eigenvalue weighted by molar-refractivity contribution is 5.62. The fourth-order valence-electron chi connectivity index (χ4n) is 1.96. The number of anilines is 1. The fraction of sp³-hybridized carbons (Fsp3) is 0.500. The number of fused-ring (bicyclic) bond motifs is 1. The van der Waals surface area contributed by atoms with Gasteiger partial charge in [-0.2, -0.15) is 0 Å². The molecular weight excluding hydrogens is 190 g/mol. The van der Waals surface area contributed by atoms with E-state index in [-0.39, 0.29) is 5.54 Å². The van der Waals surface area contributed by atoms with E-state index in [1.165, 1.54) is 19.3 Å². The summed E-state index contributed by atoms with van der Waals surface area (Å²) in [6, 6.07) is 0. The van der Waals surface area contributed by atoms with E-state index in [9.17, 15) is 0 Å². The lowest BCUT2D eigenvalue weighted by atomic mass is 9.78. The van der Waals surface area contributed by atoms with Crippen molar-refractivity contribution in [2.75, 3.05) is 5.32 Å². The molecule has 1 aliphatic carbocycles. The van der Waals surface area contributed by atoms with Crippen LogP contribution in [0.3, 0.4) is 0 Å². The standard InChI is InChI=1S/C10H13N5/c1-10(3-2-4-10)13-8-9-14-12-7-15(9)6-5-11-8/h5-7H,2-4H2,1H3,(H,11,13). The van der Waals surface area contributed by atoms with Gasteiger partial charge in [-0.1, -0.05) is 0 Å². The van der Waals surface area contributed by atoms with Crippen molar-refractivity contribution in [1.29, 1.82) is 0 Å². The van der Waals surface area contributed by atoms with Crippen LogP contribution in [0, 0.1) is 0 Å². The molecule has 5 nitrogen and oxygen atoms in total. The third kappa shape index (κ3) is 1.35. The van der Waals surface area contributed by atoms with E-state index >= 15 is 0 Å². The molecule has 78 valence electrons. The first-order chi connectivity index (χ1) is 7.27. The molecule has 0 unspecified atom stereocenters. The minimum absolute atomic E-state index is 0.195. The summed E-state index contributed by atoms with van der Waals surface area (Å²) in [4.78, 5) is 4.31. The maximum Gasteiger partial charge on any atom is 0.203 e. The summed E-state index contributed by atoms with van der Waals surface area (Å²) in [6.07, 6.45) is 8.99. The van der Waals surface area contributed by atoms with Crippen LogP contribution in [-0.4, -0.2) is 25.1 Å². The van der Waals surface area contributed by atoms with Gasteiger partial charge in [0, 0.05) is 17.9 Å². The minimum atomic E-state index is 0.195. The van der Waals surface area contributed by atoms with Crippen LogP contribution in [0.25, 0.3) is 5.65 Å². The van der Waals surface area contributed by atoms with Gasteiger partial charge in [0.2, 0.25) is 5.65 Å². The Morgan fingerprint density at radius 2 is 2.33 bits per heavy atom. The van der Waals surface area contributed by atoms with E-state index in [4.69, 9.17) is 0 Å². The Kier molecular flexibility index (Phi) is 1.68. The van der Waals surface area contributed by atoms with Gasteiger partial charge in [-0.25, -0.2) is 4.98 Å². The van der Waals surface area contributed by atoms with E-state index in [0.29, 0.717) is 0 Å². The van der Waals surface area contributed by atoms with E-state index < -0.39 is 0 Å². The number of rotatable bonds is 2. The van der Waals surface area contributed by atoms with Crippen LogP contribution in [0.5, 0.6) is 0 Å². The molecule has 15 heavy (non-hydrogen) atoms. The molecule has 0 spiro atoms.